The highest BCUT2D eigenvalue weighted by Gasteiger charge is 2.79. The molecule has 8 aliphatic carbocycles. The maximum absolute atomic E-state index is 18.0. The van der Waals surface area contributed by atoms with Crippen LogP contribution in [0.3, 0.4) is 0 Å². The molecular weight excluding hydrogens is 744 g/mol. The van der Waals surface area contributed by atoms with Gasteiger partial charge in [0, 0.05) is 40.5 Å². The Morgan fingerprint density at radius 2 is 1.71 bits per heavy atom. The third-order valence-corrected chi connectivity index (χ3v) is 17.8. The first-order chi connectivity index (χ1) is 27.4. The van der Waals surface area contributed by atoms with Crippen molar-refractivity contribution >= 4 is 23.1 Å². The fourth-order valence-corrected chi connectivity index (χ4v) is 15.3. The second-order valence-corrected chi connectivity index (χ2v) is 20.2. The number of fused-ring (bicyclic) bond motifs is 12. The standard InChI is InChI=1S/C46H61FN2O9/c1-5-6-39-57-38-19-33-30-8-7-25-16-26(50)10-13-42(25,3)45(30,47)35(53)20-43(33,4)46(38,58-39)37(55)23-49-22-24-15-29-28-11-14-44(56,36(54)21-48)32(28)18-34(52)40(29)41(2)12-9-27(51)17-31(24)41/h9-10,12-13,16-17,24,28-30,32-35,38-40,49,52-53,56H,5-8,11,14-15,18-23,48H2,1-4H3/t24-,28+,29+,30+,32+,33+,34+,35+,38-,39?,40-,41+,42+,43+,44-,45+,46-/m1/s1. The fraction of sp³-hybridized carbons (Fsp3) is 0.739. The predicted molar refractivity (Wildman–Crippen MR) is 210 cm³/mol. The van der Waals surface area contributed by atoms with Crippen molar-refractivity contribution in [2.75, 3.05) is 19.6 Å². The van der Waals surface area contributed by atoms with Gasteiger partial charge in [-0.3, -0.25) is 19.2 Å². The van der Waals surface area contributed by atoms with Crippen LogP contribution in [-0.4, -0.2) is 99.6 Å². The third-order valence-electron chi connectivity index (χ3n) is 17.8. The van der Waals surface area contributed by atoms with Crippen LogP contribution in [0.2, 0.25) is 0 Å². The number of carbonyl (C=O) groups is 4. The van der Waals surface area contributed by atoms with Crippen LogP contribution in [0.25, 0.3) is 0 Å². The normalized spacial score (nSPS) is 51.1. The van der Waals surface area contributed by atoms with E-state index in [1.807, 2.05) is 19.9 Å². The number of hydrogen-bond donors (Lipinski definition) is 5. The summed E-state index contributed by atoms with van der Waals surface area (Å²) in [5.74, 6) is -2.71. The number of allylic oxidation sites excluding steroid dienone is 7. The molecule has 1 heterocycles. The molecule has 7 fully saturated rings. The molecule has 12 heteroatoms. The molecule has 0 amide bonds. The minimum absolute atomic E-state index is 0.00492. The van der Waals surface area contributed by atoms with Crippen molar-refractivity contribution < 1.29 is 48.4 Å². The van der Waals surface area contributed by atoms with E-state index in [4.69, 9.17) is 15.2 Å². The molecule has 1 aliphatic heterocycles. The molecule has 9 aliphatic rings. The van der Waals surface area contributed by atoms with Crippen molar-refractivity contribution in [2.45, 2.75) is 133 Å². The van der Waals surface area contributed by atoms with Crippen LogP contribution in [0.5, 0.6) is 0 Å². The van der Waals surface area contributed by atoms with E-state index in [1.54, 1.807) is 25.2 Å². The maximum Gasteiger partial charge on any atom is 0.181 e. The van der Waals surface area contributed by atoms with E-state index in [0.717, 1.165) is 12.0 Å². The number of alkyl halides is 1. The number of Topliss-reactive ketones (excluding diaryl/α,β-unsaturated/α-hetero) is 2. The number of aliphatic hydroxyl groups is 3. The van der Waals surface area contributed by atoms with Crippen molar-refractivity contribution in [3.8, 4) is 0 Å². The molecule has 6 N–H and O–H groups in total. The SMILES string of the molecule is CCCC1O[C@@H]2C[C@H]3[C@@H]4CCC5=CC(=O)C=C[C@]5(C)[C@@]4(F)[C@@H](O)C[C@]3(C)[C@]2(C(=O)CNC[C@H]2C[C@H]3[C@@H]4CC[C@](O)(C(=O)CN)[C@H]4C[C@H](O)[C@@H]3[C@@]3(C)C=CC(=O)C=C23)O1. The quantitative estimate of drug-likeness (QED) is 0.229. The lowest BCUT2D eigenvalue weighted by Crippen LogP contribution is -2.70. The van der Waals surface area contributed by atoms with Crippen molar-refractivity contribution in [1.82, 2.24) is 5.32 Å². The van der Waals surface area contributed by atoms with Gasteiger partial charge in [-0.1, -0.05) is 50.5 Å². The van der Waals surface area contributed by atoms with Gasteiger partial charge >= 0.3 is 0 Å². The molecule has 9 rings (SSSR count). The molecule has 6 saturated carbocycles. The number of ketones is 4. The van der Waals surface area contributed by atoms with Crippen LogP contribution >= 0.6 is 0 Å². The Bertz CT molecular complexity index is 1930. The Labute approximate surface area is 340 Å². The summed E-state index contributed by atoms with van der Waals surface area (Å²) in [6.07, 6.45) is 10.8. The van der Waals surface area contributed by atoms with Crippen molar-refractivity contribution in [3.63, 3.8) is 0 Å². The van der Waals surface area contributed by atoms with Gasteiger partial charge < -0.3 is 35.8 Å². The second kappa shape index (κ2) is 13.6. The van der Waals surface area contributed by atoms with E-state index in [0.29, 0.717) is 57.1 Å². The average molecular weight is 805 g/mol. The van der Waals surface area contributed by atoms with Crippen LogP contribution < -0.4 is 11.1 Å². The molecular formula is C46H61FN2O9. The monoisotopic (exact) mass is 804 g/mol. The summed E-state index contributed by atoms with van der Waals surface area (Å²) in [6.45, 7) is 7.88. The van der Waals surface area contributed by atoms with Gasteiger partial charge in [-0.15, -0.1) is 0 Å². The Morgan fingerprint density at radius 1 is 0.966 bits per heavy atom. The van der Waals surface area contributed by atoms with Gasteiger partial charge in [0.1, 0.15) is 5.60 Å². The molecule has 1 saturated heterocycles. The zero-order chi connectivity index (χ0) is 41.4. The Hall–Kier alpha value is -2.71. The molecule has 0 radical (unpaired) electrons. The molecule has 0 aromatic heterocycles. The summed E-state index contributed by atoms with van der Waals surface area (Å²) >= 11 is 0. The number of halogens is 1. The van der Waals surface area contributed by atoms with Crippen molar-refractivity contribution in [2.24, 2.45) is 63.4 Å². The molecule has 0 aromatic rings. The fourth-order valence-electron chi connectivity index (χ4n) is 15.3. The molecule has 0 aromatic carbocycles. The number of aliphatic hydroxyl groups excluding tert-OH is 2. The van der Waals surface area contributed by atoms with Gasteiger partial charge in [0.05, 0.1) is 31.4 Å². The predicted octanol–water partition coefficient (Wildman–Crippen LogP) is 3.78. The summed E-state index contributed by atoms with van der Waals surface area (Å²) in [4.78, 5) is 53.3. The Balaban J connectivity index is 0.992. The van der Waals surface area contributed by atoms with Gasteiger partial charge in [0.15, 0.2) is 40.7 Å². The first kappa shape index (κ1) is 40.7. The summed E-state index contributed by atoms with van der Waals surface area (Å²) in [6, 6.07) is 0. The van der Waals surface area contributed by atoms with Gasteiger partial charge in [0.2, 0.25) is 0 Å². The zero-order valence-corrected chi connectivity index (χ0v) is 34.3. The van der Waals surface area contributed by atoms with Gasteiger partial charge in [-0.2, -0.15) is 0 Å². The third kappa shape index (κ3) is 5.21. The van der Waals surface area contributed by atoms with Gasteiger partial charge in [-0.25, -0.2) is 4.39 Å². The first-order valence-corrected chi connectivity index (χ1v) is 21.9. The molecule has 0 bridgehead atoms. The molecule has 11 nitrogen and oxygen atoms in total. The summed E-state index contributed by atoms with van der Waals surface area (Å²) in [5.41, 5.74) is -0.441. The van der Waals surface area contributed by atoms with Gasteiger partial charge in [0.25, 0.3) is 0 Å². The molecule has 1 unspecified atom stereocenters. The first-order valence-electron chi connectivity index (χ1n) is 21.9. The molecule has 58 heavy (non-hydrogen) atoms. The topological polar surface area (TPSA) is 185 Å². The lowest BCUT2D eigenvalue weighted by molar-refractivity contribution is -0.230. The lowest BCUT2D eigenvalue weighted by atomic mass is 9.44. The number of nitrogens with two attached hydrogens (primary N) is 1. The van der Waals surface area contributed by atoms with E-state index in [2.05, 4.69) is 12.2 Å². The second-order valence-electron chi connectivity index (χ2n) is 20.2. The Kier molecular flexibility index (Phi) is 9.57. The van der Waals surface area contributed by atoms with Gasteiger partial charge in [-0.05, 0) is 113 Å². The number of hydrogen-bond acceptors (Lipinski definition) is 11. The summed E-state index contributed by atoms with van der Waals surface area (Å²) in [5, 5.41) is 38.9. The van der Waals surface area contributed by atoms with Crippen molar-refractivity contribution in [3.05, 3.63) is 47.6 Å². The highest BCUT2D eigenvalue weighted by molar-refractivity contribution is 6.02. The van der Waals surface area contributed by atoms with E-state index < -0.39 is 75.3 Å². The number of ether oxygens (including phenoxy) is 2. The molecule has 316 valence electrons. The summed E-state index contributed by atoms with van der Waals surface area (Å²) < 4.78 is 31.4. The smallest absolute Gasteiger partial charge is 0.181 e. The largest absolute Gasteiger partial charge is 0.393 e. The zero-order valence-electron chi connectivity index (χ0n) is 34.3. The van der Waals surface area contributed by atoms with Crippen LogP contribution in [0, 0.1) is 57.7 Å². The van der Waals surface area contributed by atoms with Crippen LogP contribution in [0.4, 0.5) is 4.39 Å². The van der Waals surface area contributed by atoms with Crippen LogP contribution in [0.15, 0.2) is 47.6 Å². The lowest BCUT2D eigenvalue weighted by Gasteiger charge is -2.62. The maximum atomic E-state index is 18.0. The number of rotatable bonds is 9. The van der Waals surface area contributed by atoms with E-state index >= 15 is 9.18 Å². The number of carbonyl (C=O) groups excluding carboxylic acids is 4. The molecule has 17 atom stereocenters. The minimum atomic E-state index is -2.05. The number of nitrogens with one attached hydrogen (secondary N) is 1. The van der Waals surface area contributed by atoms with E-state index in [9.17, 15) is 29.7 Å². The Morgan fingerprint density at radius 3 is 2.45 bits per heavy atom. The van der Waals surface area contributed by atoms with Crippen LogP contribution in [-0.2, 0) is 28.7 Å². The summed E-state index contributed by atoms with van der Waals surface area (Å²) in [7, 11) is 0. The van der Waals surface area contributed by atoms with Crippen LogP contribution in [0.1, 0.15) is 91.9 Å². The van der Waals surface area contributed by atoms with Crippen molar-refractivity contribution in [1.29, 1.82) is 0 Å². The molecule has 0 spiro atoms. The van der Waals surface area contributed by atoms with E-state index in [1.165, 1.54) is 12.2 Å². The average Bonchev–Trinajstić information content (AvgIpc) is 3.80. The highest BCUT2D eigenvalue weighted by atomic mass is 19.1. The van der Waals surface area contributed by atoms with E-state index in [-0.39, 0.29) is 72.9 Å². The minimum Gasteiger partial charge on any atom is -0.393 e. The highest BCUT2D eigenvalue weighted by Crippen LogP contribution is 2.72.